The van der Waals surface area contributed by atoms with Crippen LogP contribution in [0.4, 0.5) is 0 Å². The van der Waals surface area contributed by atoms with Gasteiger partial charge in [-0.2, -0.15) is 0 Å². The molecule has 0 heterocycles. The van der Waals surface area contributed by atoms with Crippen molar-refractivity contribution in [3.8, 4) is 0 Å². The molecule has 4 nitrogen and oxygen atoms in total. The van der Waals surface area contributed by atoms with Crippen molar-refractivity contribution < 1.29 is 9.53 Å². The lowest BCUT2D eigenvalue weighted by Crippen LogP contribution is -2.30. The van der Waals surface area contributed by atoms with Crippen LogP contribution in [0.1, 0.15) is 58.8 Å². The van der Waals surface area contributed by atoms with Gasteiger partial charge in [-0.25, -0.2) is 0 Å². The minimum atomic E-state index is 0.145. The van der Waals surface area contributed by atoms with Crippen molar-refractivity contribution in [2.45, 2.75) is 64.9 Å². The van der Waals surface area contributed by atoms with E-state index in [4.69, 9.17) is 10.5 Å². The summed E-state index contributed by atoms with van der Waals surface area (Å²) in [4.78, 5) is 13.5. The van der Waals surface area contributed by atoms with E-state index in [0.717, 1.165) is 19.4 Å². The number of ether oxygens (including phenoxy) is 1. The number of unbranched alkanes of at least 4 members (excludes halogenated alkanes) is 3. The van der Waals surface area contributed by atoms with Gasteiger partial charge in [-0.05, 0) is 26.3 Å². The maximum absolute atomic E-state index is 11.7. The minimum Gasteiger partial charge on any atom is -0.378 e. The predicted molar refractivity (Wildman–Crippen MR) is 80.1 cm³/mol. The first-order chi connectivity index (χ1) is 9.11. The Morgan fingerprint density at radius 3 is 2.63 bits per heavy atom. The van der Waals surface area contributed by atoms with Crippen molar-refractivity contribution in [1.82, 2.24) is 4.90 Å². The lowest BCUT2D eigenvalue weighted by Gasteiger charge is -2.18. The molecule has 0 aromatic rings. The average molecular weight is 272 g/mol. The molecular formula is C15H32N2O2. The van der Waals surface area contributed by atoms with Gasteiger partial charge in [0.05, 0.1) is 19.1 Å². The van der Waals surface area contributed by atoms with Crippen LogP contribution in [-0.2, 0) is 9.53 Å². The predicted octanol–water partition coefficient (Wildman–Crippen LogP) is 2.56. The topological polar surface area (TPSA) is 55.6 Å². The third kappa shape index (κ3) is 11.0. The monoisotopic (exact) mass is 272 g/mol. The summed E-state index contributed by atoms with van der Waals surface area (Å²) in [7, 11) is 1.83. The Bertz CT molecular complexity index is 222. The maximum atomic E-state index is 11.7. The Labute approximate surface area is 118 Å². The summed E-state index contributed by atoms with van der Waals surface area (Å²) in [6, 6.07) is 0. The Morgan fingerprint density at radius 1 is 1.26 bits per heavy atom. The summed E-state index contributed by atoms with van der Waals surface area (Å²) in [5, 5.41) is 0. The lowest BCUT2D eigenvalue weighted by molar-refractivity contribution is -0.131. The molecule has 0 saturated carbocycles. The van der Waals surface area contributed by atoms with Crippen molar-refractivity contribution in [2.75, 3.05) is 26.7 Å². The molecule has 1 unspecified atom stereocenters. The molecule has 0 spiro atoms. The van der Waals surface area contributed by atoms with Crippen LogP contribution in [0.15, 0.2) is 0 Å². The van der Waals surface area contributed by atoms with Crippen LogP contribution >= 0.6 is 0 Å². The molecule has 4 heteroatoms. The van der Waals surface area contributed by atoms with Crippen LogP contribution in [0.3, 0.4) is 0 Å². The molecule has 19 heavy (non-hydrogen) atoms. The fraction of sp³-hybridized carbons (Fsp3) is 0.933. The van der Waals surface area contributed by atoms with Gasteiger partial charge in [0.1, 0.15) is 0 Å². The van der Waals surface area contributed by atoms with Gasteiger partial charge in [-0.1, -0.05) is 32.6 Å². The van der Waals surface area contributed by atoms with Crippen molar-refractivity contribution >= 4 is 5.91 Å². The summed E-state index contributed by atoms with van der Waals surface area (Å²) in [5.41, 5.74) is 5.42. The highest BCUT2D eigenvalue weighted by atomic mass is 16.5. The van der Waals surface area contributed by atoms with Crippen molar-refractivity contribution in [2.24, 2.45) is 5.73 Å². The molecule has 2 N–H and O–H groups in total. The summed E-state index contributed by atoms with van der Waals surface area (Å²) in [6.45, 7) is 6.20. The fourth-order valence-electron chi connectivity index (χ4n) is 1.93. The molecule has 1 amide bonds. The van der Waals surface area contributed by atoms with Crippen LogP contribution < -0.4 is 5.73 Å². The molecule has 0 saturated heterocycles. The summed E-state index contributed by atoms with van der Waals surface area (Å²) >= 11 is 0. The van der Waals surface area contributed by atoms with Crippen LogP contribution in [0.2, 0.25) is 0 Å². The Morgan fingerprint density at radius 2 is 2.00 bits per heavy atom. The number of hydrogen-bond donors (Lipinski definition) is 1. The molecule has 0 bridgehead atoms. The number of nitrogens with two attached hydrogens (primary N) is 1. The number of carbonyl (C=O) groups is 1. The molecule has 114 valence electrons. The number of amides is 1. The van der Waals surface area contributed by atoms with Gasteiger partial charge >= 0.3 is 0 Å². The highest BCUT2D eigenvalue weighted by Crippen LogP contribution is 2.08. The quantitative estimate of drug-likeness (QED) is 0.556. The summed E-state index contributed by atoms with van der Waals surface area (Å²) in [5.74, 6) is 0.145. The number of rotatable bonds is 12. The average Bonchev–Trinajstić information content (AvgIpc) is 2.40. The zero-order valence-corrected chi connectivity index (χ0v) is 13.0. The SMILES string of the molecule is CCCCCCC(C)OCCC(=O)N(C)CCCN. The van der Waals surface area contributed by atoms with E-state index in [2.05, 4.69) is 13.8 Å². The van der Waals surface area contributed by atoms with E-state index >= 15 is 0 Å². The van der Waals surface area contributed by atoms with Gasteiger partial charge in [0.2, 0.25) is 5.91 Å². The second-order valence-electron chi connectivity index (χ2n) is 5.24. The summed E-state index contributed by atoms with van der Waals surface area (Å²) < 4.78 is 5.68. The smallest absolute Gasteiger partial charge is 0.224 e. The van der Waals surface area contributed by atoms with Gasteiger partial charge in [-0.3, -0.25) is 4.79 Å². The molecule has 0 aliphatic rings. The van der Waals surface area contributed by atoms with Crippen molar-refractivity contribution in [1.29, 1.82) is 0 Å². The van der Waals surface area contributed by atoms with Gasteiger partial charge < -0.3 is 15.4 Å². The molecular weight excluding hydrogens is 240 g/mol. The Hall–Kier alpha value is -0.610. The van der Waals surface area contributed by atoms with Crippen molar-refractivity contribution in [3.05, 3.63) is 0 Å². The number of carbonyl (C=O) groups excluding carboxylic acids is 1. The van der Waals surface area contributed by atoms with Crippen LogP contribution in [0.5, 0.6) is 0 Å². The van der Waals surface area contributed by atoms with E-state index in [0.29, 0.717) is 19.6 Å². The minimum absolute atomic E-state index is 0.145. The second-order valence-corrected chi connectivity index (χ2v) is 5.24. The van der Waals surface area contributed by atoms with Gasteiger partial charge in [0.15, 0.2) is 0 Å². The number of nitrogens with zero attached hydrogens (tertiary/aromatic N) is 1. The molecule has 0 rings (SSSR count). The molecule has 0 aliphatic heterocycles. The zero-order valence-electron chi connectivity index (χ0n) is 13.0. The highest BCUT2D eigenvalue weighted by Gasteiger charge is 2.09. The van der Waals surface area contributed by atoms with E-state index in [1.807, 2.05) is 7.05 Å². The van der Waals surface area contributed by atoms with Crippen LogP contribution in [0.25, 0.3) is 0 Å². The Kier molecular flexibility index (Phi) is 12.0. The number of hydrogen-bond acceptors (Lipinski definition) is 3. The molecule has 1 atom stereocenters. The first-order valence-corrected chi connectivity index (χ1v) is 7.67. The Balaban J connectivity index is 3.52. The van der Waals surface area contributed by atoms with E-state index in [1.165, 1.54) is 25.7 Å². The third-order valence-corrected chi connectivity index (χ3v) is 3.31. The van der Waals surface area contributed by atoms with Gasteiger partial charge in [-0.15, -0.1) is 0 Å². The standard InChI is InChI=1S/C15H32N2O2/c1-4-5-6-7-9-14(2)19-13-10-15(18)17(3)12-8-11-16/h14H,4-13,16H2,1-3H3. The third-order valence-electron chi connectivity index (χ3n) is 3.31. The summed E-state index contributed by atoms with van der Waals surface area (Å²) in [6.07, 6.45) is 7.76. The van der Waals surface area contributed by atoms with Crippen LogP contribution in [0, 0.1) is 0 Å². The largest absolute Gasteiger partial charge is 0.378 e. The van der Waals surface area contributed by atoms with Crippen LogP contribution in [-0.4, -0.2) is 43.7 Å². The fourth-order valence-corrected chi connectivity index (χ4v) is 1.93. The first kappa shape index (κ1) is 18.4. The molecule has 0 radical (unpaired) electrons. The normalized spacial score (nSPS) is 12.4. The molecule has 0 aliphatic carbocycles. The van der Waals surface area contributed by atoms with E-state index in [-0.39, 0.29) is 12.0 Å². The van der Waals surface area contributed by atoms with Gasteiger partial charge in [0.25, 0.3) is 0 Å². The van der Waals surface area contributed by atoms with E-state index in [9.17, 15) is 4.79 Å². The zero-order chi connectivity index (χ0) is 14.5. The molecule has 0 fully saturated rings. The highest BCUT2D eigenvalue weighted by molar-refractivity contribution is 5.75. The second kappa shape index (κ2) is 12.4. The van der Waals surface area contributed by atoms with Crippen molar-refractivity contribution in [3.63, 3.8) is 0 Å². The van der Waals surface area contributed by atoms with Gasteiger partial charge in [0, 0.05) is 13.6 Å². The van der Waals surface area contributed by atoms with E-state index < -0.39 is 0 Å². The lowest BCUT2D eigenvalue weighted by atomic mass is 10.1. The van der Waals surface area contributed by atoms with E-state index in [1.54, 1.807) is 4.90 Å². The first-order valence-electron chi connectivity index (χ1n) is 7.67. The maximum Gasteiger partial charge on any atom is 0.224 e. The molecule has 0 aromatic carbocycles. The molecule has 0 aromatic heterocycles.